The first-order valence-electron chi connectivity index (χ1n) is 8.94. The third-order valence-corrected chi connectivity index (χ3v) is 4.85. The van der Waals surface area contributed by atoms with Gasteiger partial charge >= 0.3 is 0 Å². The van der Waals surface area contributed by atoms with E-state index in [1.54, 1.807) is 18.2 Å². The zero-order valence-electron chi connectivity index (χ0n) is 16.6. The van der Waals surface area contributed by atoms with E-state index in [1.807, 2.05) is 26.8 Å². The number of benzene rings is 1. The smallest absolute Gasteiger partial charge is 0.270 e. The molecular formula is C20H19N5O4S. The van der Waals surface area contributed by atoms with Crippen LogP contribution in [0.3, 0.4) is 0 Å². The van der Waals surface area contributed by atoms with Crippen LogP contribution >= 0.6 is 11.8 Å². The Bertz CT molecular complexity index is 1110. The summed E-state index contributed by atoms with van der Waals surface area (Å²) >= 11 is 1.22. The Morgan fingerprint density at radius 3 is 2.63 bits per heavy atom. The Labute approximate surface area is 176 Å². The molecule has 1 aromatic carbocycles. The van der Waals surface area contributed by atoms with Crippen molar-refractivity contribution in [2.24, 2.45) is 5.10 Å². The summed E-state index contributed by atoms with van der Waals surface area (Å²) in [6, 6.07) is 9.80. The number of carbonyl (C=O) groups excluding carboxylic acids is 1. The van der Waals surface area contributed by atoms with Gasteiger partial charge in [-0.2, -0.15) is 5.10 Å². The maximum absolute atomic E-state index is 12.0. The van der Waals surface area contributed by atoms with Crippen LogP contribution in [0.15, 0.2) is 51.1 Å². The number of thioether (sulfide) groups is 1. The largest absolute Gasteiger partial charge is 0.455 e. The minimum absolute atomic E-state index is 0.0141. The van der Waals surface area contributed by atoms with Gasteiger partial charge in [-0.25, -0.2) is 15.4 Å². The highest BCUT2D eigenvalue weighted by Gasteiger charge is 2.13. The lowest BCUT2D eigenvalue weighted by molar-refractivity contribution is -0.384. The van der Waals surface area contributed by atoms with Crippen LogP contribution < -0.4 is 5.43 Å². The fourth-order valence-corrected chi connectivity index (χ4v) is 3.39. The van der Waals surface area contributed by atoms with Crippen LogP contribution in [0.25, 0.3) is 11.3 Å². The van der Waals surface area contributed by atoms with Crippen molar-refractivity contribution >= 4 is 29.6 Å². The highest BCUT2D eigenvalue weighted by Crippen LogP contribution is 2.28. The summed E-state index contributed by atoms with van der Waals surface area (Å²) in [6.45, 7) is 5.58. The van der Waals surface area contributed by atoms with E-state index in [9.17, 15) is 14.9 Å². The average molecular weight is 425 g/mol. The van der Waals surface area contributed by atoms with Gasteiger partial charge in [0.25, 0.3) is 11.6 Å². The second-order valence-electron chi connectivity index (χ2n) is 6.47. The molecule has 0 aliphatic heterocycles. The summed E-state index contributed by atoms with van der Waals surface area (Å²) in [5.41, 5.74) is 5.56. The Balaban J connectivity index is 1.59. The molecule has 1 N–H and O–H groups in total. The number of nitro groups is 1. The van der Waals surface area contributed by atoms with E-state index < -0.39 is 4.92 Å². The van der Waals surface area contributed by atoms with Gasteiger partial charge in [-0.05, 0) is 44.5 Å². The maximum Gasteiger partial charge on any atom is 0.270 e. The number of nitrogens with zero attached hydrogens (tertiary/aromatic N) is 4. The molecule has 2 aromatic heterocycles. The average Bonchev–Trinajstić information content (AvgIpc) is 3.14. The highest BCUT2D eigenvalue weighted by molar-refractivity contribution is 7.99. The molecule has 0 spiro atoms. The summed E-state index contributed by atoms with van der Waals surface area (Å²) < 4.78 is 5.67. The van der Waals surface area contributed by atoms with Crippen molar-refractivity contribution in [3.8, 4) is 11.3 Å². The van der Waals surface area contributed by atoms with Crippen LogP contribution in [0.4, 0.5) is 5.69 Å². The van der Waals surface area contributed by atoms with Crippen molar-refractivity contribution in [3.05, 3.63) is 69.2 Å². The molecule has 0 atom stereocenters. The first-order chi connectivity index (χ1) is 14.3. The number of hydrogen-bond donors (Lipinski definition) is 1. The van der Waals surface area contributed by atoms with E-state index in [4.69, 9.17) is 4.42 Å². The fourth-order valence-electron chi connectivity index (χ4n) is 2.64. The zero-order valence-corrected chi connectivity index (χ0v) is 17.4. The summed E-state index contributed by atoms with van der Waals surface area (Å²) in [4.78, 5) is 31.0. The van der Waals surface area contributed by atoms with Gasteiger partial charge in [-0.3, -0.25) is 14.9 Å². The molecule has 0 bridgehead atoms. The molecule has 154 valence electrons. The third-order valence-electron chi connectivity index (χ3n) is 4.00. The number of furan rings is 1. The molecule has 9 nitrogen and oxygen atoms in total. The number of rotatable bonds is 7. The van der Waals surface area contributed by atoms with Crippen molar-refractivity contribution in [2.75, 3.05) is 5.75 Å². The molecule has 1 amide bonds. The maximum atomic E-state index is 12.0. The molecular weight excluding hydrogens is 406 g/mol. The standard InChI is InChI=1S/C20H19N5O4S/c1-12-4-5-15(25(27)28)9-17(12)18-7-6-16(29-18)10-21-24-19(26)11-30-20-22-13(2)8-14(3)23-20/h4-10H,11H2,1-3H3,(H,24,26)/b21-10-. The van der Waals surface area contributed by atoms with Gasteiger partial charge < -0.3 is 4.42 Å². The van der Waals surface area contributed by atoms with E-state index in [0.717, 1.165) is 17.0 Å². The summed E-state index contributed by atoms with van der Waals surface area (Å²) in [5.74, 6) is 0.699. The van der Waals surface area contributed by atoms with Gasteiger partial charge in [0.1, 0.15) is 11.5 Å². The van der Waals surface area contributed by atoms with Gasteiger partial charge in [0.15, 0.2) is 5.16 Å². The first-order valence-corrected chi connectivity index (χ1v) is 9.92. The molecule has 0 saturated carbocycles. The van der Waals surface area contributed by atoms with Gasteiger partial charge in [-0.1, -0.05) is 17.8 Å². The molecule has 0 aliphatic rings. The SMILES string of the molecule is Cc1cc(C)nc(SCC(=O)N/N=C\c2ccc(-c3cc([N+](=O)[O-])ccc3C)o2)n1. The lowest BCUT2D eigenvalue weighted by Gasteiger charge is -2.02. The predicted octanol–water partition coefficient (Wildman–Crippen LogP) is 3.81. The number of hydrogen-bond acceptors (Lipinski definition) is 8. The second kappa shape index (κ2) is 9.31. The number of aryl methyl sites for hydroxylation is 3. The molecule has 30 heavy (non-hydrogen) atoms. The summed E-state index contributed by atoms with van der Waals surface area (Å²) in [6.07, 6.45) is 1.37. The molecule has 0 radical (unpaired) electrons. The van der Waals surface area contributed by atoms with E-state index in [0.29, 0.717) is 22.2 Å². The molecule has 0 saturated heterocycles. The van der Waals surface area contributed by atoms with Gasteiger partial charge in [0, 0.05) is 29.1 Å². The van der Waals surface area contributed by atoms with Crippen molar-refractivity contribution in [1.82, 2.24) is 15.4 Å². The molecule has 3 rings (SSSR count). The minimum atomic E-state index is -0.453. The fraction of sp³-hybridized carbons (Fsp3) is 0.200. The van der Waals surface area contributed by atoms with Crippen LogP contribution in [-0.4, -0.2) is 32.8 Å². The molecule has 0 fully saturated rings. The van der Waals surface area contributed by atoms with E-state index in [-0.39, 0.29) is 17.3 Å². The summed E-state index contributed by atoms with van der Waals surface area (Å²) in [5, 5.41) is 15.4. The minimum Gasteiger partial charge on any atom is -0.455 e. The number of non-ortho nitro benzene ring substituents is 1. The van der Waals surface area contributed by atoms with Gasteiger partial charge in [0.2, 0.25) is 0 Å². The Kier molecular flexibility index (Phi) is 6.58. The van der Waals surface area contributed by atoms with E-state index in [2.05, 4.69) is 20.5 Å². The van der Waals surface area contributed by atoms with Crippen LogP contribution in [-0.2, 0) is 4.79 Å². The predicted molar refractivity (Wildman–Crippen MR) is 114 cm³/mol. The lowest BCUT2D eigenvalue weighted by atomic mass is 10.1. The van der Waals surface area contributed by atoms with Crippen LogP contribution in [0.2, 0.25) is 0 Å². The zero-order chi connectivity index (χ0) is 21.7. The van der Waals surface area contributed by atoms with Crippen molar-refractivity contribution in [2.45, 2.75) is 25.9 Å². The second-order valence-corrected chi connectivity index (χ2v) is 7.42. The van der Waals surface area contributed by atoms with Crippen molar-refractivity contribution in [3.63, 3.8) is 0 Å². The monoisotopic (exact) mass is 425 g/mol. The number of nitro benzene ring substituents is 1. The van der Waals surface area contributed by atoms with Crippen LogP contribution in [0, 0.1) is 30.9 Å². The Morgan fingerprint density at radius 2 is 1.93 bits per heavy atom. The molecule has 3 aromatic rings. The topological polar surface area (TPSA) is 124 Å². The summed E-state index contributed by atoms with van der Waals surface area (Å²) in [7, 11) is 0. The normalized spacial score (nSPS) is 11.0. The molecule has 10 heteroatoms. The molecule has 0 unspecified atom stereocenters. The van der Waals surface area contributed by atoms with E-state index >= 15 is 0 Å². The third kappa shape index (κ3) is 5.51. The van der Waals surface area contributed by atoms with Crippen molar-refractivity contribution < 1.29 is 14.1 Å². The quantitative estimate of drug-likeness (QED) is 0.201. The molecule has 2 heterocycles. The molecule has 0 aliphatic carbocycles. The number of nitrogens with one attached hydrogen (secondary N) is 1. The number of hydrazone groups is 1. The van der Waals surface area contributed by atoms with Crippen LogP contribution in [0.5, 0.6) is 0 Å². The Morgan fingerprint density at radius 1 is 1.20 bits per heavy atom. The highest BCUT2D eigenvalue weighted by atomic mass is 32.2. The lowest BCUT2D eigenvalue weighted by Crippen LogP contribution is -2.19. The first kappa shape index (κ1) is 21.2. The Hall–Kier alpha value is -3.53. The van der Waals surface area contributed by atoms with E-state index in [1.165, 1.54) is 30.1 Å². The van der Waals surface area contributed by atoms with Crippen LogP contribution in [0.1, 0.15) is 22.7 Å². The van der Waals surface area contributed by atoms with Gasteiger partial charge in [-0.15, -0.1) is 0 Å². The number of amides is 1. The van der Waals surface area contributed by atoms with Gasteiger partial charge in [0.05, 0.1) is 16.9 Å². The number of aromatic nitrogens is 2. The van der Waals surface area contributed by atoms with Crippen molar-refractivity contribution in [1.29, 1.82) is 0 Å². The number of carbonyl (C=O) groups is 1.